The Morgan fingerprint density at radius 3 is 2.33 bits per heavy atom. The average Bonchev–Trinajstić information content (AvgIpc) is 2.51. The molecule has 0 spiro atoms. The lowest BCUT2D eigenvalue weighted by molar-refractivity contribution is 0.430. The van der Waals surface area contributed by atoms with Gasteiger partial charge in [0.2, 0.25) is 0 Å². The highest BCUT2D eigenvalue weighted by molar-refractivity contribution is 4.92. The minimum absolute atomic E-state index is 0.726. The van der Waals surface area contributed by atoms with Gasteiger partial charge in [-0.3, -0.25) is 0 Å². The highest BCUT2D eigenvalue weighted by atomic mass is 14.6. The molecule has 9 heavy (non-hydrogen) atoms. The van der Waals surface area contributed by atoms with Gasteiger partial charge in [-0.15, -0.1) is 0 Å². The van der Waals surface area contributed by atoms with Gasteiger partial charge in [0.25, 0.3) is 0 Å². The van der Waals surface area contributed by atoms with Crippen LogP contribution in [0.3, 0.4) is 0 Å². The average molecular weight is 127 g/mol. The van der Waals surface area contributed by atoms with Crippen LogP contribution in [0.4, 0.5) is 0 Å². The van der Waals surface area contributed by atoms with Crippen LogP contribution in [0.15, 0.2) is 0 Å². The molecule has 1 aliphatic rings. The molecule has 1 rings (SSSR count). The predicted molar refractivity (Wildman–Crippen MR) is 40.2 cm³/mol. The molecule has 0 unspecified atom stereocenters. The number of hydrogen-bond acceptors (Lipinski definition) is 1. The van der Waals surface area contributed by atoms with E-state index >= 15 is 0 Å². The number of rotatable bonds is 4. The summed E-state index contributed by atoms with van der Waals surface area (Å²) >= 11 is 0. The van der Waals surface area contributed by atoms with Gasteiger partial charge >= 0.3 is 0 Å². The Morgan fingerprint density at radius 2 is 2.00 bits per heavy atom. The Hall–Kier alpha value is -0.0400. The van der Waals surface area contributed by atoms with Gasteiger partial charge in [0.05, 0.1) is 0 Å². The van der Waals surface area contributed by atoms with Crippen molar-refractivity contribution in [2.24, 2.45) is 11.1 Å². The maximum absolute atomic E-state index is 5.48. The molecule has 54 valence electrons. The van der Waals surface area contributed by atoms with Crippen molar-refractivity contribution in [3.8, 4) is 0 Å². The van der Waals surface area contributed by atoms with Gasteiger partial charge in [0.1, 0.15) is 0 Å². The Labute approximate surface area is 57.6 Å². The first-order valence-electron chi connectivity index (χ1n) is 4.03. The Kier molecular flexibility index (Phi) is 2.12. The van der Waals surface area contributed by atoms with Crippen molar-refractivity contribution >= 4 is 0 Å². The lowest BCUT2D eigenvalue weighted by atomic mass is 9.97. The Bertz CT molecular complexity index is 76.6. The van der Waals surface area contributed by atoms with Gasteiger partial charge in [0.15, 0.2) is 0 Å². The van der Waals surface area contributed by atoms with E-state index < -0.39 is 0 Å². The zero-order valence-electron chi connectivity index (χ0n) is 6.32. The summed E-state index contributed by atoms with van der Waals surface area (Å²) in [6, 6.07) is 0. The van der Waals surface area contributed by atoms with E-state index in [1.807, 2.05) is 0 Å². The molecule has 1 saturated carbocycles. The van der Waals surface area contributed by atoms with Crippen molar-refractivity contribution < 1.29 is 0 Å². The third-order valence-electron chi connectivity index (χ3n) is 2.41. The summed E-state index contributed by atoms with van der Waals surface area (Å²) in [7, 11) is 0. The third kappa shape index (κ3) is 1.68. The molecular weight excluding hydrogens is 110 g/mol. The van der Waals surface area contributed by atoms with Crippen LogP contribution in [-0.4, -0.2) is 6.54 Å². The lowest BCUT2D eigenvalue weighted by Crippen LogP contribution is -2.08. The molecule has 0 aromatic heterocycles. The topological polar surface area (TPSA) is 26.0 Å². The van der Waals surface area contributed by atoms with E-state index in [1.54, 1.807) is 0 Å². The Morgan fingerprint density at radius 1 is 1.33 bits per heavy atom. The minimum atomic E-state index is 0.726. The van der Waals surface area contributed by atoms with Crippen molar-refractivity contribution in [3.05, 3.63) is 0 Å². The van der Waals surface area contributed by atoms with Gasteiger partial charge in [-0.1, -0.05) is 13.3 Å². The molecule has 0 amide bonds. The van der Waals surface area contributed by atoms with E-state index in [1.165, 1.54) is 32.1 Å². The zero-order valence-corrected chi connectivity index (χ0v) is 6.32. The summed E-state index contributed by atoms with van der Waals surface area (Å²) < 4.78 is 0. The molecule has 0 bridgehead atoms. The molecule has 1 aliphatic carbocycles. The van der Waals surface area contributed by atoms with E-state index in [0.717, 1.165) is 12.0 Å². The fourth-order valence-electron chi connectivity index (χ4n) is 1.64. The van der Waals surface area contributed by atoms with Crippen LogP contribution >= 0.6 is 0 Å². The van der Waals surface area contributed by atoms with Crippen LogP contribution in [0.2, 0.25) is 0 Å². The second kappa shape index (κ2) is 2.70. The molecule has 0 heterocycles. The minimum Gasteiger partial charge on any atom is -0.330 e. The van der Waals surface area contributed by atoms with Crippen molar-refractivity contribution in [2.75, 3.05) is 6.54 Å². The molecule has 0 aromatic carbocycles. The Balaban J connectivity index is 2.17. The lowest BCUT2D eigenvalue weighted by Gasteiger charge is -2.10. The first-order valence-corrected chi connectivity index (χ1v) is 4.03. The van der Waals surface area contributed by atoms with E-state index in [0.29, 0.717) is 0 Å². The van der Waals surface area contributed by atoms with E-state index in [4.69, 9.17) is 5.73 Å². The second-order valence-electron chi connectivity index (χ2n) is 3.29. The zero-order chi connectivity index (χ0) is 6.74. The van der Waals surface area contributed by atoms with Crippen LogP contribution in [-0.2, 0) is 0 Å². The molecular formula is C8H17N. The molecule has 0 atom stereocenters. The van der Waals surface area contributed by atoms with Gasteiger partial charge in [0, 0.05) is 0 Å². The van der Waals surface area contributed by atoms with Crippen LogP contribution in [0, 0.1) is 5.41 Å². The monoisotopic (exact) mass is 127 g/mol. The largest absolute Gasteiger partial charge is 0.330 e. The summed E-state index contributed by atoms with van der Waals surface area (Å²) in [4.78, 5) is 0. The molecule has 1 nitrogen and oxygen atoms in total. The molecule has 1 heteroatoms. The molecule has 0 saturated heterocycles. The van der Waals surface area contributed by atoms with Gasteiger partial charge in [-0.25, -0.2) is 0 Å². The molecule has 2 N–H and O–H groups in total. The first-order chi connectivity index (χ1) is 4.33. The smallest absolute Gasteiger partial charge is 0.00720 e. The van der Waals surface area contributed by atoms with E-state index in [2.05, 4.69) is 6.92 Å². The van der Waals surface area contributed by atoms with Crippen molar-refractivity contribution in [3.63, 3.8) is 0 Å². The molecule has 0 aromatic rings. The summed E-state index contributed by atoms with van der Waals surface area (Å²) in [5.41, 5.74) is 6.21. The van der Waals surface area contributed by atoms with Crippen LogP contribution in [0.25, 0.3) is 0 Å². The highest BCUT2D eigenvalue weighted by Gasteiger charge is 2.39. The van der Waals surface area contributed by atoms with Crippen molar-refractivity contribution in [1.29, 1.82) is 0 Å². The maximum Gasteiger partial charge on any atom is -0.00720 e. The van der Waals surface area contributed by atoms with Crippen LogP contribution in [0.1, 0.15) is 39.0 Å². The normalized spacial score (nSPS) is 22.0. The molecule has 1 fully saturated rings. The number of nitrogens with two attached hydrogens (primary N) is 1. The summed E-state index contributed by atoms with van der Waals surface area (Å²) in [6.07, 6.45) is 6.89. The fraction of sp³-hybridized carbons (Fsp3) is 1.00. The summed E-state index contributed by atoms with van der Waals surface area (Å²) in [6.45, 7) is 3.15. The number of hydrogen-bond donors (Lipinski definition) is 1. The van der Waals surface area contributed by atoms with E-state index in [-0.39, 0.29) is 0 Å². The van der Waals surface area contributed by atoms with Crippen LogP contribution in [0.5, 0.6) is 0 Å². The standard InChI is InChI=1S/C8H17N/c1-2-3-8(4-5-8)6-7-9/h2-7,9H2,1H3. The van der Waals surface area contributed by atoms with Gasteiger partial charge in [-0.05, 0) is 37.6 Å². The van der Waals surface area contributed by atoms with Crippen molar-refractivity contribution in [1.82, 2.24) is 0 Å². The maximum atomic E-state index is 5.48. The fourth-order valence-corrected chi connectivity index (χ4v) is 1.64. The summed E-state index contributed by atoms with van der Waals surface area (Å²) in [5, 5.41) is 0. The van der Waals surface area contributed by atoms with E-state index in [9.17, 15) is 0 Å². The van der Waals surface area contributed by atoms with Gasteiger partial charge in [-0.2, -0.15) is 0 Å². The van der Waals surface area contributed by atoms with Crippen LogP contribution < -0.4 is 5.73 Å². The second-order valence-corrected chi connectivity index (χ2v) is 3.29. The SMILES string of the molecule is CCCC1(CCN)CC1. The first kappa shape index (κ1) is 7.07. The quantitative estimate of drug-likeness (QED) is 0.613. The van der Waals surface area contributed by atoms with Gasteiger partial charge < -0.3 is 5.73 Å². The molecule has 0 radical (unpaired) electrons. The predicted octanol–water partition coefficient (Wildman–Crippen LogP) is 1.92. The summed E-state index contributed by atoms with van der Waals surface area (Å²) in [5.74, 6) is 0. The highest BCUT2D eigenvalue weighted by Crippen LogP contribution is 2.52. The van der Waals surface area contributed by atoms with Crippen molar-refractivity contribution in [2.45, 2.75) is 39.0 Å². The third-order valence-corrected chi connectivity index (χ3v) is 2.41. The molecule has 0 aliphatic heterocycles.